The van der Waals surface area contributed by atoms with E-state index in [0.717, 1.165) is 10.9 Å². The number of halogens is 2. The molecule has 1 amide bonds. The number of pyridine rings is 1. The zero-order chi connectivity index (χ0) is 13.1. The Morgan fingerprint density at radius 2 is 2.05 bits per heavy atom. The van der Waals surface area contributed by atoms with Gasteiger partial charge in [-0.3, -0.25) is 9.78 Å². The van der Waals surface area contributed by atoms with Crippen molar-refractivity contribution in [1.29, 1.82) is 0 Å². The quantitative estimate of drug-likeness (QED) is 0.946. The van der Waals surface area contributed by atoms with E-state index in [9.17, 15) is 4.79 Å². The Kier molecular flexibility index (Phi) is 7.50. The van der Waals surface area contributed by atoms with Crippen molar-refractivity contribution in [3.63, 3.8) is 0 Å². The highest BCUT2D eigenvalue weighted by Gasteiger charge is 2.16. The summed E-state index contributed by atoms with van der Waals surface area (Å²) < 4.78 is 0. The van der Waals surface area contributed by atoms with Crippen LogP contribution in [0.25, 0.3) is 10.9 Å². The van der Waals surface area contributed by atoms with Crippen LogP contribution < -0.4 is 5.73 Å². The van der Waals surface area contributed by atoms with E-state index in [1.165, 1.54) is 0 Å². The zero-order valence-corrected chi connectivity index (χ0v) is 13.1. The third-order valence-electron chi connectivity index (χ3n) is 3.17. The van der Waals surface area contributed by atoms with Crippen molar-refractivity contribution in [2.75, 3.05) is 13.6 Å². The van der Waals surface area contributed by atoms with E-state index < -0.39 is 0 Å². The van der Waals surface area contributed by atoms with Gasteiger partial charge in [-0.25, -0.2) is 0 Å². The fourth-order valence-corrected chi connectivity index (χ4v) is 1.77. The zero-order valence-electron chi connectivity index (χ0n) is 11.4. The van der Waals surface area contributed by atoms with Crippen molar-refractivity contribution in [2.45, 2.75) is 13.0 Å². The van der Waals surface area contributed by atoms with Crippen LogP contribution >= 0.6 is 24.8 Å². The topological polar surface area (TPSA) is 59.2 Å². The second kappa shape index (κ2) is 8.04. The molecule has 20 heavy (non-hydrogen) atoms. The molecule has 0 saturated carbocycles. The van der Waals surface area contributed by atoms with Crippen molar-refractivity contribution in [3.8, 4) is 0 Å². The number of nitrogens with two attached hydrogens (primary N) is 1. The first-order valence-corrected chi connectivity index (χ1v) is 5.95. The van der Waals surface area contributed by atoms with Gasteiger partial charge in [-0.15, -0.1) is 24.8 Å². The molecule has 6 heteroatoms. The Balaban J connectivity index is 0.00000180. The minimum Gasteiger partial charge on any atom is -0.338 e. The van der Waals surface area contributed by atoms with E-state index in [1.807, 2.05) is 31.2 Å². The first-order valence-electron chi connectivity index (χ1n) is 5.95. The summed E-state index contributed by atoms with van der Waals surface area (Å²) in [7, 11) is 1.77. The number of amides is 1. The Morgan fingerprint density at radius 1 is 1.35 bits per heavy atom. The number of likely N-dealkylation sites (N-methyl/N-ethyl adjacent to an activating group) is 1. The lowest BCUT2D eigenvalue weighted by atomic mass is 10.1. The molecule has 0 saturated heterocycles. The predicted octanol–water partition coefficient (Wildman–Crippen LogP) is 2.50. The van der Waals surface area contributed by atoms with E-state index in [0.29, 0.717) is 12.1 Å². The van der Waals surface area contributed by atoms with Gasteiger partial charge in [0.2, 0.25) is 0 Å². The molecule has 1 aromatic heterocycles. The van der Waals surface area contributed by atoms with Gasteiger partial charge in [-0.2, -0.15) is 0 Å². The van der Waals surface area contributed by atoms with Gasteiger partial charge in [0.25, 0.3) is 5.91 Å². The molecule has 0 fully saturated rings. The molecule has 1 unspecified atom stereocenters. The molecule has 0 radical (unpaired) electrons. The molecule has 0 spiro atoms. The fourth-order valence-electron chi connectivity index (χ4n) is 1.77. The lowest BCUT2D eigenvalue weighted by molar-refractivity contribution is 0.0748. The Bertz CT molecular complexity index is 577. The van der Waals surface area contributed by atoms with E-state index in [2.05, 4.69) is 4.98 Å². The summed E-state index contributed by atoms with van der Waals surface area (Å²) in [5.74, 6) is -0.0151. The van der Waals surface area contributed by atoms with Crippen LogP contribution in [-0.2, 0) is 0 Å². The average molecular weight is 316 g/mol. The largest absolute Gasteiger partial charge is 0.338 e. The van der Waals surface area contributed by atoms with Gasteiger partial charge in [0.1, 0.15) is 0 Å². The van der Waals surface area contributed by atoms with Crippen LogP contribution in [0.3, 0.4) is 0 Å². The van der Waals surface area contributed by atoms with Crippen molar-refractivity contribution < 1.29 is 4.79 Å². The molecule has 2 rings (SSSR count). The number of hydrogen-bond donors (Lipinski definition) is 1. The van der Waals surface area contributed by atoms with Gasteiger partial charge in [0.15, 0.2) is 0 Å². The molecule has 1 atom stereocenters. The normalized spacial score (nSPS) is 11.2. The summed E-state index contributed by atoms with van der Waals surface area (Å²) in [6.45, 7) is 2.39. The van der Waals surface area contributed by atoms with E-state index >= 15 is 0 Å². The standard InChI is InChI=1S/C14H17N3O.2ClH/c1-10(9-15)17(2)14(18)12-5-6-13-11(8-12)4-3-7-16-13;;/h3-8,10H,9,15H2,1-2H3;2*1H. The summed E-state index contributed by atoms with van der Waals surface area (Å²) in [6.07, 6.45) is 1.74. The Labute approximate surface area is 131 Å². The molecule has 0 bridgehead atoms. The number of carbonyl (C=O) groups is 1. The van der Waals surface area contributed by atoms with Gasteiger partial charge in [-0.1, -0.05) is 6.07 Å². The Morgan fingerprint density at radius 3 is 2.70 bits per heavy atom. The molecule has 1 heterocycles. The number of rotatable bonds is 3. The molecule has 2 N–H and O–H groups in total. The first-order chi connectivity index (χ1) is 8.63. The molecular formula is C14H19Cl2N3O. The second-order valence-corrected chi connectivity index (χ2v) is 4.41. The van der Waals surface area contributed by atoms with Crippen LogP contribution in [0.2, 0.25) is 0 Å². The third kappa shape index (κ3) is 3.82. The molecular weight excluding hydrogens is 297 g/mol. The van der Waals surface area contributed by atoms with Crippen molar-refractivity contribution in [3.05, 3.63) is 42.1 Å². The van der Waals surface area contributed by atoms with Crippen LogP contribution in [0, 0.1) is 0 Å². The summed E-state index contributed by atoms with van der Waals surface area (Å²) >= 11 is 0. The molecule has 0 aliphatic rings. The van der Waals surface area contributed by atoms with Gasteiger partial charge >= 0.3 is 0 Å². The first kappa shape index (κ1) is 18.6. The smallest absolute Gasteiger partial charge is 0.253 e. The van der Waals surface area contributed by atoms with Crippen molar-refractivity contribution in [1.82, 2.24) is 9.88 Å². The number of benzene rings is 1. The average Bonchev–Trinajstić information content (AvgIpc) is 2.44. The predicted molar refractivity (Wildman–Crippen MR) is 86.8 cm³/mol. The number of nitrogens with zero attached hydrogens (tertiary/aromatic N) is 2. The number of hydrogen-bond acceptors (Lipinski definition) is 3. The lowest BCUT2D eigenvalue weighted by Gasteiger charge is -2.23. The number of aromatic nitrogens is 1. The Hall–Kier alpha value is -1.36. The minimum absolute atomic E-state index is 0. The molecule has 110 valence electrons. The maximum Gasteiger partial charge on any atom is 0.253 e. The van der Waals surface area contributed by atoms with Crippen LogP contribution in [0.15, 0.2) is 36.5 Å². The summed E-state index contributed by atoms with van der Waals surface area (Å²) in [5, 5.41) is 0.970. The summed E-state index contributed by atoms with van der Waals surface area (Å²) in [6, 6.07) is 9.38. The molecule has 0 aliphatic heterocycles. The molecule has 1 aromatic carbocycles. The van der Waals surface area contributed by atoms with E-state index in [-0.39, 0.29) is 36.8 Å². The molecule has 0 aliphatic carbocycles. The maximum atomic E-state index is 12.2. The minimum atomic E-state index is -0.0151. The lowest BCUT2D eigenvalue weighted by Crippen LogP contribution is -2.39. The monoisotopic (exact) mass is 315 g/mol. The summed E-state index contributed by atoms with van der Waals surface area (Å²) in [5.41, 5.74) is 7.13. The van der Waals surface area contributed by atoms with Crippen LogP contribution in [-0.4, -0.2) is 35.4 Å². The van der Waals surface area contributed by atoms with Crippen LogP contribution in [0.4, 0.5) is 0 Å². The van der Waals surface area contributed by atoms with Crippen molar-refractivity contribution >= 4 is 41.6 Å². The SMILES string of the molecule is CC(CN)N(C)C(=O)c1ccc2ncccc2c1.Cl.Cl. The fraction of sp³-hybridized carbons (Fsp3) is 0.286. The molecule has 4 nitrogen and oxygen atoms in total. The van der Waals surface area contributed by atoms with Crippen molar-refractivity contribution in [2.24, 2.45) is 5.73 Å². The van der Waals surface area contributed by atoms with Gasteiger partial charge < -0.3 is 10.6 Å². The van der Waals surface area contributed by atoms with Crippen LogP contribution in [0.5, 0.6) is 0 Å². The maximum absolute atomic E-state index is 12.2. The third-order valence-corrected chi connectivity index (χ3v) is 3.17. The van der Waals surface area contributed by atoms with Crippen LogP contribution in [0.1, 0.15) is 17.3 Å². The highest BCUT2D eigenvalue weighted by Crippen LogP contribution is 2.15. The van der Waals surface area contributed by atoms with Gasteiger partial charge in [0.05, 0.1) is 5.52 Å². The van der Waals surface area contributed by atoms with Gasteiger partial charge in [-0.05, 0) is 31.2 Å². The van der Waals surface area contributed by atoms with E-state index in [4.69, 9.17) is 5.73 Å². The number of carbonyl (C=O) groups excluding carboxylic acids is 1. The summed E-state index contributed by atoms with van der Waals surface area (Å²) in [4.78, 5) is 18.1. The second-order valence-electron chi connectivity index (χ2n) is 4.41. The van der Waals surface area contributed by atoms with E-state index in [1.54, 1.807) is 24.2 Å². The van der Waals surface area contributed by atoms with Gasteiger partial charge in [0, 0.05) is 36.8 Å². The highest BCUT2D eigenvalue weighted by atomic mass is 35.5. The highest BCUT2D eigenvalue weighted by molar-refractivity contribution is 5.97. The number of fused-ring (bicyclic) bond motifs is 1. The molecule has 2 aromatic rings.